The Morgan fingerprint density at radius 2 is 2.13 bits per heavy atom. The predicted molar refractivity (Wildman–Crippen MR) is 89.3 cm³/mol. The molecule has 2 fully saturated rings. The smallest absolute Gasteiger partial charge is 0.255 e. The van der Waals surface area contributed by atoms with E-state index in [9.17, 15) is 4.79 Å². The number of hydrogen-bond donors (Lipinski definition) is 0. The van der Waals surface area contributed by atoms with Crippen molar-refractivity contribution in [3.8, 4) is 0 Å². The van der Waals surface area contributed by atoms with Crippen molar-refractivity contribution in [3.63, 3.8) is 0 Å². The van der Waals surface area contributed by atoms with Crippen LogP contribution >= 0.6 is 0 Å². The summed E-state index contributed by atoms with van der Waals surface area (Å²) in [7, 11) is 0. The summed E-state index contributed by atoms with van der Waals surface area (Å²) >= 11 is 0. The van der Waals surface area contributed by atoms with Gasteiger partial charge in [0.1, 0.15) is 0 Å². The highest BCUT2D eigenvalue weighted by molar-refractivity contribution is 5.94. The maximum absolute atomic E-state index is 12.7. The first-order chi connectivity index (χ1) is 11.1. The molecule has 1 amide bonds. The molecule has 0 radical (unpaired) electrons. The van der Waals surface area contributed by atoms with Crippen LogP contribution in [0.1, 0.15) is 37.0 Å². The lowest BCUT2D eigenvalue weighted by Gasteiger charge is -2.47. The molecule has 5 heteroatoms. The van der Waals surface area contributed by atoms with E-state index in [1.165, 1.54) is 0 Å². The minimum absolute atomic E-state index is 0.0744. The summed E-state index contributed by atoms with van der Waals surface area (Å²) in [6.45, 7) is 9.80. The summed E-state index contributed by atoms with van der Waals surface area (Å²) in [6, 6.07) is 3.65. The molecule has 1 spiro atoms. The Labute approximate surface area is 138 Å². The number of hydrogen-bond acceptors (Lipinski definition) is 4. The van der Waals surface area contributed by atoms with Crippen molar-refractivity contribution in [2.75, 3.05) is 39.3 Å². The van der Waals surface area contributed by atoms with Gasteiger partial charge in [-0.1, -0.05) is 13.8 Å². The lowest BCUT2D eigenvalue weighted by Crippen LogP contribution is -2.58. The van der Waals surface area contributed by atoms with Crippen LogP contribution in [0.5, 0.6) is 0 Å². The minimum atomic E-state index is -0.149. The van der Waals surface area contributed by atoms with Crippen LogP contribution in [0.15, 0.2) is 24.5 Å². The van der Waals surface area contributed by atoms with Crippen LogP contribution in [0.2, 0.25) is 0 Å². The molecule has 0 aliphatic carbocycles. The van der Waals surface area contributed by atoms with Crippen LogP contribution in [0.25, 0.3) is 0 Å². The number of nitrogens with zero attached hydrogens (tertiary/aromatic N) is 3. The summed E-state index contributed by atoms with van der Waals surface area (Å²) in [5, 5.41) is 0. The summed E-state index contributed by atoms with van der Waals surface area (Å²) < 4.78 is 6.14. The third-order valence-corrected chi connectivity index (χ3v) is 4.83. The summed E-state index contributed by atoms with van der Waals surface area (Å²) in [5.41, 5.74) is 0.519. The zero-order chi connectivity index (χ0) is 16.3. The third kappa shape index (κ3) is 3.90. The van der Waals surface area contributed by atoms with Crippen molar-refractivity contribution in [2.45, 2.75) is 32.3 Å². The second kappa shape index (κ2) is 6.97. The fraction of sp³-hybridized carbons (Fsp3) is 0.667. The van der Waals surface area contributed by atoms with Gasteiger partial charge in [0.15, 0.2) is 0 Å². The molecule has 1 aromatic rings. The fourth-order valence-electron chi connectivity index (χ4n) is 3.65. The van der Waals surface area contributed by atoms with E-state index in [-0.39, 0.29) is 11.5 Å². The SMILES string of the molecule is CC(C)CN1CCC2(CC1)CN(C(=O)c1cccnc1)CCO2. The van der Waals surface area contributed by atoms with E-state index < -0.39 is 0 Å². The zero-order valence-corrected chi connectivity index (χ0v) is 14.2. The summed E-state index contributed by atoms with van der Waals surface area (Å²) in [5.74, 6) is 0.769. The highest BCUT2D eigenvalue weighted by Crippen LogP contribution is 2.31. The lowest BCUT2D eigenvalue weighted by atomic mass is 9.88. The maximum Gasteiger partial charge on any atom is 0.255 e. The van der Waals surface area contributed by atoms with E-state index in [4.69, 9.17) is 4.74 Å². The number of carbonyl (C=O) groups is 1. The van der Waals surface area contributed by atoms with Crippen molar-refractivity contribution in [1.82, 2.24) is 14.8 Å². The van der Waals surface area contributed by atoms with Gasteiger partial charge < -0.3 is 14.5 Å². The Bertz CT molecular complexity index is 524. The van der Waals surface area contributed by atoms with E-state index in [0.717, 1.165) is 32.5 Å². The van der Waals surface area contributed by atoms with Crippen LogP contribution in [0, 0.1) is 5.92 Å². The van der Waals surface area contributed by atoms with Gasteiger partial charge in [0.05, 0.1) is 24.3 Å². The van der Waals surface area contributed by atoms with Gasteiger partial charge in [-0.25, -0.2) is 0 Å². The molecule has 0 aromatic carbocycles. The molecule has 23 heavy (non-hydrogen) atoms. The maximum atomic E-state index is 12.7. The van der Waals surface area contributed by atoms with E-state index in [1.807, 2.05) is 17.0 Å². The largest absolute Gasteiger partial charge is 0.371 e. The molecular weight excluding hydrogens is 290 g/mol. The van der Waals surface area contributed by atoms with Gasteiger partial charge in [-0.2, -0.15) is 0 Å². The first-order valence-electron chi connectivity index (χ1n) is 8.64. The zero-order valence-electron chi connectivity index (χ0n) is 14.2. The monoisotopic (exact) mass is 317 g/mol. The van der Waals surface area contributed by atoms with Crippen molar-refractivity contribution in [1.29, 1.82) is 0 Å². The predicted octanol–water partition coefficient (Wildman–Crippen LogP) is 2.04. The normalized spacial score (nSPS) is 21.8. The first kappa shape index (κ1) is 16.4. The molecule has 2 aliphatic heterocycles. The van der Waals surface area contributed by atoms with Crippen LogP contribution in [-0.2, 0) is 4.74 Å². The van der Waals surface area contributed by atoms with Crippen LogP contribution in [0.3, 0.4) is 0 Å². The van der Waals surface area contributed by atoms with Crippen molar-refractivity contribution in [3.05, 3.63) is 30.1 Å². The molecule has 2 saturated heterocycles. The van der Waals surface area contributed by atoms with Crippen molar-refractivity contribution < 1.29 is 9.53 Å². The van der Waals surface area contributed by atoms with Gasteiger partial charge in [0.2, 0.25) is 0 Å². The van der Waals surface area contributed by atoms with Gasteiger partial charge >= 0.3 is 0 Å². The van der Waals surface area contributed by atoms with E-state index in [2.05, 4.69) is 23.7 Å². The topological polar surface area (TPSA) is 45.7 Å². The molecule has 0 N–H and O–H groups in total. The van der Waals surface area contributed by atoms with Crippen LogP contribution in [0.4, 0.5) is 0 Å². The highest BCUT2D eigenvalue weighted by atomic mass is 16.5. The number of morpholine rings is 1. The molecule has 5 nitrogen and oxygen atoms in total. The molecule has 0 atom stereocenters. The molecule has 0 unspecified atom stereocenters. The fourth-order valence-corrected chi connectivity index (χ4v) is 3.65. The molecule has 0 saturated carbocycles. The number of likely N-dealkylation sites (tertiary alicyclic amines) is 1. The lowest BCUT2D eigenvalue weighted by molar-refractivity contribution is -0.127. The molecule has 3 heterocycles. The van der Waals surface area contributed by atoms with Crippen molar-refractivity contribution >= 4 is 5.91 Å². The van der Waals surface area contributed by atoms with E-state index in [1.54, 1.807) is 12.4 Å². The Balaban J connectivity index is 1.62. The van der Waals surface area contributed by atoms with Gasteiger partial charge in [0.25, 0.3) is 5.91 Å². The molecular formula is C18H27N3O2. The summed E-state index contributed by atoms with van der Waals surface area (Å²) in [6.07, 6.45) is 5.37. The average molecular weight is 317 g/mol. The molecule has 126 valence electrons. The third-order valence-electron chi connectivity index (χ3n) is 4.83. The molecule has 0 bridgehead atoms. The Morgan fingerprint density at radius 3 is 2.78 bits per heavy atom. The number of amides is 1. The quantitative estimate of drug-likeness (QED) is 0.856. The second-order valence-corrected chi connectivity index (χ2v) is 7.19. The average Bonchev–Trinajstić information content (AvgIpc) is 2.57. The molecule has 3 rings (SSSR count). The van der Waals surface area contributed by atoms with Crippen LogP contribution in [-0.4, -0.2) is 65.6 Å². The molecule has 2 aliphatic rings. The van der Waals surface area contributed by atoms with Gasteiger partial charge in [-0.05, 0) is 30.9 Å². The van der Waals surface area contributed by atoms with E-state index >= 15 is 0 Å². The Kier molecular flexibility index (Phi) is 4.97. The Morgan fingerprint density at radius 1 is 1.35 bits per heavy atom. The molecule has 1 aromatic heterocycles. The number of piperidine rings is 1. The van der Waals surface area contributed by atoms with Gasteiger partial charge in [0, 0.05) is 38.6 Å². The van der Waals surface area contributed by atoms with Crippen molar-refractivity contribution in [2.24, 2.45) is 5.92 Å². The number of ether oxygens (including phenoxy) is 1. The van der Waals surface area contributed by atoms with Crippen LogP contribution < -0.4 is 0 Å². The number of carbonyl (C=O) groups excluding carboxylic acids is 1. The summed E-state index contributed by atoms with van der Waals surface area (Å²) in [4.78, 5) is 21.2. The first-order valence-corrected chi connectivity index (χ1v) is 8.64. The van der Waals surface area contributed by atoms with Gasteiger partial charge in [-0.15, -0.1) is 0 Å². The Hall–Kier alpha value is -1.46. The number of pyridine rings is 1. The number of rotatable bonds is 3. The number of aromatic nitrogens is 1. The van der Waals surface area contributed by atoms with Gasteiger partial charge in [-0.3, -0.25) is 9.78 Å². The minimum Gasteiger partial charge on any atom is -0.371 e. The van der Waals surface area contributed by atoms with E-state index in [0.29, 0.717) is 31.2 Å². The standard InChI is InChI=1S/C18H27N3O2/c1-15(2)13-20-8-5-18(6-9-20)14-21(10-11-23-18)17(22)16-4-3-7-19-12-16/h3-4,7,12,15H,5-6,8-11,13-14H2,1-2H3. The highest BCUT2D eigenvalue weighted by Gasteiger charge is 2.41. The second-order valence-electron chi connectivity index (χ2n) is 7.19.